The van der Waals surface area contributed by atoms with Gasteiger partial charge in [-0.2, -0.15) is 0 Å². The molecule has 2 rings (SSSR count). The van der Waals surface area contributed by atoms with Gasteiger partial charge in [0.25, 0.3) is 0 Å². The molecule has 0 unspecified atom stereocenters. The standard InChI is InChI=1S/C15H18FN3S/c1-11(2)7-17-8-12-9-18-15(19-10-12)20-14-5-3-4-13(16)6-14/h3-6,9-11,17H,7-8H2,1-2H3. The summed E-state index contributed by atoms with van der Waals surface area (Å²) in [4.78, 5) is 9.38. The fourth-order valence-corrected chi connectivity index (χ4v) is 2.37. The monoisotopic (exact) mass is 291 g/mol. The minimum Gasteiger partial charge on any atom is -0.312 e. The number of rotatable bonds is 6. The van der Waals surface area contributed by atoms with Gasteiger partial charge in [0.05, 0.1) is 0 Å². The molecule has 0 aliphatic heterocycles. The van der Waals surface area contributed by atoms with Gasteiger partial charge in [0.1, 0.15) is 5.82 Å². The second kappa shape index (κ2) is 7.36. The predicted molar refractivity (Wildman–Crippen MR) is 79.1 cm³/mol. The highest BCUT2D eigenvalue weighted by Crippen LogP contribution is 2.24. The third-order valence-electron chi connectivity index (χ3n) is 2.57. The summed E-state index contributed by atoms with van der Waals surface area (Å²) in [5.74, 6) is 0.378. The zero-order chi connectivity index (χ0) is 14.4. The number of halogens is 1. The molecule has 0 aliphatic carbocycles. The highest BCUT2D eigenvalue weighted by molar-refractivity contribution is 7.99. The fourth-order valence-electron chi connectivity index (χ4n) is 1.63. The number of hydrogen-bond acceptors (Lipinski definition) is 4. The maximum Gasteiger partial charge on any atom is 0.192 e. The zero-order valence-electron chi connectivity index (χ0n) is 11.6. The van der Waals surface area contributed by atoms with Gasteiger partial charge in [0.2, 0.25) is 0 Å². The fraction of sp³-hybridized carbons (Fsp3) is 0.333. The van der Waals surface area contributed by atoms with Crippen molar-refractivity contribution in [2.24, 2.45) is 5.92 Å². The quantitative estimate of drug-likeness (QED) is 0.827. The second-order valence-electron chi connectivity index (χ2n) is 4.96. The normalized spacial score (nSPS) is 11.0. The van der Waals surface area contributed by atoms with Crippen LogP contribution in [-0.4, -0.2) is 16.5 Å². The Morgan fingerprint density at radius 1 is 1.25 bits per heavy atom. The van der Waals surface area contributed by atoms with Crippen molar-refractivity contribution in [1.82, 2.24) is 15.3 Å². The summed E-state index contributed by atoms with van der Waals surface area (Å²) in [5, 5.41) is 3.97. The van der Waals surface area contributed by atoms with Crippen LogP contribution in [0.25, 0.3) is 0 Å². The van der Waals surface area contributed by atoms with Crippen molar-refractivity contribution >= 4 is 11.8 Å². The molecule has 1 heterocycles. The van der Waals surface area contributed by atoms with E-state index in [-0.39, 0.29) is 5.82 Å². The Labute approximate surface area is 123 Å². The van der Waals surface area contributed by atoms with Crippen molar-refractivity contribution in [3.8, 4) is 0 Å². The Morgan fingerprint density at radius 3 is 2.65 bits per heavy atom. The van der Waals surface area contributed by atoms with Crippen molar-refractivity contribution < 1.29 is 4.39 Å². The topological polar surface area (TPSA) is 37.8 Å². The van der Waals surface area contributed by atoms with Crippen LogP contribution in [0.4, 0.5) is 4.39 Å². The van der Waals surface area contributed by atoms with Crippen LogP contribution in [0.5, 0.6) is 0 Å². The molecule has 1 aromatic carbocycles. The summed E-state index contributed by atoms with van der Waals surface area (Å²) in [6.45, 7) is 6.08. The van der Waals surface area contributed by atoms with Gasteiger partial charge in [-0.05, 0) is 42.4 Å². The van der Waals surface area contributed by atoms with Crippen LogP contribution in [0.2, 0.25) is 0 Å². The van der Waals surface area contributed by atoms with Crippen LogP contribution < -0.4 is 5.32 Å². The number of nitrogens with one attached hydrogen (secondary N) is 1. The minimum atomic E-state index is -0.246. The van der Waals surface area contributed by atoms with Gasteiger partial charge in [-0.15, -0.1) is 0 Å². The third kappa shape index (κ3) is 4.90. The van der Waals surface area contributed by atoms with E-state index in [1.165, 1.54) is 23.9 Å². The van der Waals surface area contributed by atoms with Crippen molar-refractivity contribution in [3.05, 3.63) is 48.0 Å². The second-order valence-corrected chi connectivity index (χ2v) is 6.00. The molecule has 0 radical (unpaired) electrons. The van der Waals surface area contributed by atoms with Crippen molar-refractivity contribution in [3.63, 3.8) is 0 Å². The number of hydrogen-bond donors (Lipinski definition) is 1. The zero-order valence-corrected chi connectivity index (χ0v) is 12.5. The van der Waals surface area contributed by atoms with E-state index in [2.05, 4.69) is 29.1 Å². The molecular weight excluding hydrogens is 273 g/mol. The third-order valence-corrected chi connectivity index (χ3v) is 3.45. The first-order valence-electron chi connectivity index (χ1n) is 6.58. The smallest absolute Gasteiger partial charge is 0.192 e. The molecule has 0 saturated carbocycles. The van der Waals surface area contributed by atoms with Crippen molar-refractivity contribution in [2.75, 3.05) is 6.54 Å². The molecule has 0 atom stereocenters. The molecule has 0 aliphatic rings. The Bertz CT molecular complexity index is 543. The van der Waals surface area contributed by atoms with Gasteiger partial charge >= 0.3 is 0 Å². The van der Waals surface area contributed by atoms with E-state index < -0.39 is 0 Å². The first kappa shape index (κ1) is 14.9. The Morgan fingerprint density at radius 2 is 2.00 bits per heavy atom. The summed E-state index contributed by atoms with van der Waals surface area (Å²) >= 11 is 1.36. The lowest BCUT2D eigenvalue weighted by molar-refractivity contribution is 0.550. The molecule has 0 amide bonds. The van der Waals surface area contributed by atoms with E-state index in [4.69, 9.17) is 0 Å². The van der Waals surface area contributed by atoms with Crippen LogP contribution in [0.3, 0.4) is 0 Å². The molecule has 1 aromatic heterocycles. The highest BCUT2D eigenvalue weighted by Gasteiger charge is 2.02. The predicted octanol–water partition coefficient (Wildman–Crippen LogP) is 3.51. The van der Waals surface area contributed by atoms with Crippen LogP contribution in [-0.2, 0) is 6.54 Å². The molecule has 0 fully saturated rings. The lowest BCUT2D eigenvalue weighted by atomic mass is 10.2. The van der Waals surface area contributed by atoms with Gasteiger partial charge in [-0.1, -0.05) is 19.9 Å². The van der Waals surface area contributed by atoms with E-state index in [9.17, 15) is 4.39 Å². The average Bonchev–Trinajstić information content (AvgIpc) is 2.40. The molecule has 3 nitrogen and oxygen atoms in total. The van der Waals surface area contributed by atoms with Crippen molar-refractivity contribution in [1.29, 1.82) is 0 Å². The lowest BCUT2D eigenvalue weighted by Crippen LogP contribution is -2.19. The van der Waals surface area contributed by atoms with Gasteiger partial charge in [0, 0.05) is 29.4 Å². The van der Waals surface area contributed by atoms with Crippen LogP contribution in [0.1, 0.15) is 19.4 Å². The van der Waals surface area contributed by atoms with Gasteiger partial charge in [-0.3, -0.25) is 0 Å². The van der Waals surface area contributed by atoms with Gasteiger partial charge < -0.3 is 5.32 Å². The van der Waals surface area contributed by atoms with Crippen LogP contribution in [0.15, 0.2) is 46.7 Å². The van der Waals surface area contributed by atoms with Crippen LogP contribution in [0, 0.1) is 11.7 Å². The minimum absolute atomic E-state index is 0.246. The molecular formula is C15H18FN3S. The van der Waals surface area contributed by atoms with Gasteiger partial charge in [-0.25, -0.2) is 14.4 Å². The maximum atomic E-state index is 13.1. The molecule has 0 bridgehead atoms. The molecule has 1 N–H and O–H groups in total. The summed E-state index contributed by atoms with van der Waals surface area (Å²) in [6, 6.07) is 6.43. The first-order chi connectivity index (χ1) is 9.63. The number of benzene rings is 1. The SMILES string of the molecule is CC(C)CNCc1cnc(Sc2cccc(F)c2)nc1. The summed E-state index contributed by atoms with van der Waals surface area (Å²) < 4.78 is 13.1. The van der Waals surface area contributed by atoms with E-state index >= 15 is 0 Å². The molecule has 5 heteroatoms. The molecule has 0 spiro atoms. The van der Waals surface area contributed by atoms with E-state index in [1.54, 1.807) is 6.07 Å². The molecule has 106 valence electrons. The summed E-state index contributed by atoms with van der Waals surface area (Å²) in [5.41, 5.74) is 1.05. The van der Waals surface area contributed by atoms with E-state index in [0.29, 0.717) is 11.1 Å². The maximum absolute atomic E-state index is 13.1. The highest BCUT2D eigenvalue weighted by atomic mass is 32.2. The largest absolute Gasteiger partial charge is 0.312 e. The van der Waals surface area contributed by atoms with Gasteiger partial charge in [0.15, 0.2) is 5.16 Å². The lowest BCUT2D eigenvalue weighted by Gasteiger charge is -2.07. The number of nitrogens with zero attached hydrogens (tertiary/aromatic N) is 2. The summed E-state index contributed by atoms with van der Waals surface area (Å²) in [7, 11) is 0. The van der Waals surface area contributed by atoms with Crippen LogP contribution >= 0.6 is 11.8 Å². The Balaban J connectivity index is 1.91. The van der Waals surface area contributed by atoms with Crippen molar-refractivity contribution in [2.45, 2.75) is 30.4 Å². The number of aromatic nitrogens is 2. The average molecular weight is 291 g/mol. The van der Waals surface area contributed by atoms with E-state index in [1.807, 2.05) is 18.5 Å². The first-order valence-corrected chi connectivity index (χ1v) is 7.40. The molecule has 0 saturated heterocycles. The molecule has 2 aromatic rings. The molecule has 20 heavy (non-hydrogen) atoms. The Kier molecular flexibility index (Phi) is 5.49. The van der Waals surface area contributed by atoms with E-state index in [0.717, 1.165) is 23.5 Å². The summed E-state index contributed by atoms with van der Waals surface area (Å²) in [6.07, 6.45) is 3.61. The Hall–Kier alpha value is -1.46.